The fraction of sp³-hybridized carbons (Fsp3) is 0.217. The van der Waals surface area contributed by atoms with Gasteiger partial charge in [-0.2, -0.15) is 5.10 Å². The molecule has 5 nitrogen and oxygen atoms in total. The van der Waals surface area contributed by atoms with E-state index < -0.39 is 0 Å². The van der Waals surface area contributed by atoms with Gasteiger partial charge in [-0.3, -0.25) is 9.48 Å². The molecule has 0 bridgehead atoms. The molecule has 28 heavy (non-hydrogen) atoms. The van der Waals surface area contributed by atoms with Crippen LogP contribution >= 0.6 is 0 Å². The standard InChI is InChI=1S/C23H23N3O2/c1-2-14-26-21-13-15-25(22(27)17-28-19-11-7-4-8-12-19)16-20(21)23(24-26)18-9-5-3-6-10-18/h2-12H,1,13-17H2. The number of aromatic nitrogens is 2. The fourth-order valence-corrected chi connectivity index (χ4v) is 3.56. The molecule has 0 fully saturated rings. The van der Waals surface area contributed by atoms with E-state index in [4.69, 9.17) is 9.84 Å². The van der Waals surface area contributed by atoms with E-state index in [1.165, 1.54) is 5.69 Å². The summed E-state index contributed by atoms with van der Waals surface area (Å²) in [4.78, 5) is 14.6. The van der Waals surface area contributed by atoms with Crippen molar-refractivity contribution in [3.8, 4) is 17.0 Å². The van der Waals surface area contributed by atoms with Crippen LogP contribution in [-0.4, -0.2) is 33.7 Å². The molecule has 1 aliphatic rings. The van der Waals surface area contributed by atoms with E-state index >= 15 is 0 Å². The number of rotatable bonds is 6. The second-order valence-electron chi connectivity index (χ2n) is 6.78. The number of amides is 1. The van der Waals surface area contributed by atoms with Crippen molar-refractivity contribution < 1.29 is 9.53 Å². The summed E-state index contributed by atoms with van der Waals surface area (Å²) in [5.41, 5.74) is 4.31. The van der Waals surface area contributed by atoms with Gasteiger partial charge in [0.2, 0.25) is 0 Å². The van der Waals surface area contributed by atoms with E-state index in [9.17, 15) is 4.79 Å². The average Bonchev–Trinajstić information content (AvgIpc) is 3.11. The molecule has 2 heterocycles. The Bertz CT molecular complexity index is 964. The molecule has 0 spiro atoms. The maximum atomic E-state index is 12.7. The normalized spacial score (nSPS) is 13.1. The Hall–Kier alpha value is -3.34. The van der Waals surface area contributed by atoms with Gasteiger partial charge >= 0.3 is 0 Å². The lowest BCUT2D eigenvalue weighted by Gasteiger charge is -2.28. The minimum absolute atomic E-state index is 0.00927. The van der Waals surface area contributed by atoms with Gasteiger partial charge in [0, 0.05) is 36.3 Å². The highest BCUT2D eigenvalue weighted by Crippen LogP contribution is 2.30. The molecule has 0 unspecified atom stereocenters. The minimum Gasteiger partial charge on any atom is -0.484 e. The van der Waals surface area contributed by atoms with E-state index in [0.717, 1.165) is 23.2 Å². The summed E-state index contributed by atoms with van der Waals surface area (Å²) >= 11 is 0. The Kier molecular flexibility index (Phi) is 5.24. The smallest absolute Gasteiger partial charge is 0.260 e. The molecule has 3 aromatic rings. The van der Waals surface area contributed by atoms with Gasteiger partial charge in [0.15, 0.2) is 6.61 Å². The summed E-state index contributed by atoms with van der Waals surface area (Å²) in [6.07, 6.45) is 2.63. The van der Waals surface area contributed by atoms with Gasteiger partial charge in [0.05, 0.1) is 12.2 Å². The molecule has 4 rings (SSSR count). The second kappa shape index (κ2) is 8.13. The van der Waals surface area contributed by atoms with Crippen LogP contribution in [0.15, 0.2) is 73.3 Å². The van der Waals surface area contributed by atoms with Crippen LogP contribution in [0.4, 0.5) is 0 Å². The average molecular weight is 373 g/mol. The van der Waals surface area contributed by atoms with Gasteiger partial charge in [-0.15, -0.1) is 6.58 Å². The maximum absolute atomic E-state index is 12.7. The number of fused-ring (bicyclic) bond motifs is 1. The third-order valence-electron chi connectivity index (χ3n) is 4.94. The molecule has 142 valence electrons. The number of benzene rings is 2. The predicted molar refractivity (Wildman–Crippen MR) is 109 cm³/mol. The van der Waals surface area contributed by atoms with Gasteiger partial charge in [-0.25, -0.2) is 0 Å². The Balaban J connectivity index is 1.55. The van der Waals surface area contributed by atoms with Gasteiger partial charge in [0.1, 0.15) is 5.75 Å². The number of ether oxygens (including phenoxy) is 1. The van der Waals surface area contributed by atoms with Crippen LogP contribution in [-0.2, 0) is 24.3 Å². The number of para-hydroxylation sites is 1. The Morgan fingerprint density at radius 2 is 1.82 bits per heavy atom. The van der Waals surface area contributed by atoms with Crippen molar-refractivity contribution in [3.05, 3.63) is 84.6 Å². The van der Waals surface area contributed by atoms with Crippen LogP contribution in [0.5, 0.6) is 5.75 Å². The SMILES string of the molecule is C=CCn1nc(-c2ccccc2)c2c1CCN(C(=O)COc1ccccc1)C2. The number of hydrogen-bond acceptors (Lipinski definition) is 3. The number of hydrogen-bond donors (Lipinski definition) is 0. The topological polar surface area (TPSA) is 47.4 Å². The monoisotopic (exact) mass is 373 g/mol. The zero-order chi connectivity index (χ0) is 19.3. The molecule has 2 aromatic carbocycles. The first kappa shape index (κ1) is 18.0. The Morgan fingerprint density at radius 3 is 2.54 bits per heavy atom. The predicted octanol–water partition coefficient (Wildman–Crippen LogP) is 3.70. The van der Waals surface area contributed by atoms with E-state index in [1.807, 2.05) is 64.2 Å². The number of allylic oxidation sites excluding steroid dienone is 1. The van der Waals surface area contributed by atoms with Crippen LogP contribution in [0.2, 0.25) is 0 Å². The summed E-state index contributed by atoms with van der Waals surface area (Å²) in [6, 6.07) is 19.5. The molecule has 5 heteroatoms. The van der Waals surface area contributed by atoms with Crippen molar-refractivity contribution in [1.82, 2.24) is 14.7 Å². The van der Waals surface area contributed by atoms with Crippen molar-refractivity contribution >= 4 is 5.91 Å². The summed E-state index contributed by atoms with van der Waals surface area (Å²) < 4.78 is 7.65. The first-order chi connectivity index (χ1) is 13.8. The Labute approximate surface area is 164 Å². The Morgan fingerprint density at radius 1 is 1.11 bits per heavy atom. The number of carbonyl (C=O) groups is 1. The van der Waals surface area contributed by atoms with E-state index in [-0.39, 0.29) is 12.5 Å². The summed E-state index contributed by atoms with van der Waals surface area (Å²) in [5.74, 6) is 0.697. The quantitative estimate of drug-likeness (QED) is 0.619. The molecule has 1 aliphatic heterocycles. The van der Waals surface area contributed by atoms with Crippen LogP contribution in [0.25, 0.3) is 11.3 Å². The van der Waals surface area contributed by atoms with Gasteiger partial charge in [0.25, 0.3) is 5.91 Å². The lowest BCUT2D eigenvalue weighted by atomic mass is 10.0. The molecule has 0 atom stereocenters. The first-order valence-electron chi connectivity index (χ1n) is 9.46. The van der Waals surface area contributed by atoms with Gasteiger partial charge < -0.3 is 9.64 Å². The van der Waals surface area contributed by atoms with Crippen LogP contribution < -0.4 is 4.74 Å². The van der Waals surface area contributed by atoms with Gasteiger partial charge in [-0.05, 0) is 12.1 Å². The molecule has 0 radical (unpaired) electrons. The zero-order valence-electron chi connectivity index (χ0n) is 15.8. The molecule has 0 N–H and O–H groups in total. The highest BCUT2D eigenvalue weighted by Gasteiger charge is 2.27. The van der Waals surface area contributed by atoms with E-state index in [2.05, 4.69) is 18.7 Å². The van der Waals surface area contributed by atoms with Crippen molar-refractivity contribution in [3.63, 3.8) is 0 Å². The summed E-state index contributed by atoms with van der Waals surface area (Å²) in [7, 11) is 0. The van der Waals surface area contributed by atoms with Crippen LogP contribution in [0.1, 0.15) is 11.3 Å². The number of nitrogens with zero attached hydrogens (tertiary/aromatic N) is 3. The lowest BCUT2D eigenvalue weighted by Crippen LogP contribution is -2.39. The highest BCUT2D eigenvalue weighted by molar-refractivity contribution is 5.78. The fourth-order valence-electron chi connectivity index (χ4n) is 3.56. The van der Waals surface area contributed by atoms with Crippen LogP contribution in [0.3, 0.4) is 0 Å². The van der Waals surface area contributed by atoms with Gasteiger partial charge in [-0.1, -0.05) is 54.6 Å². The van der Waals surface area contributed by atoms with Crippen molar-refractivity contribution in [2.24, 2.45) is 0 Å². The zero-order valence-corrected chi connectivity index (χ0v) is 15.8. The molecular weight excluding hydrogens is 350 g/mol. The highest BCUT2D eigenvalue weighted by atomic mass is 16.5. The van der Waals surface area contributed by atoms with E-state index in [0.29, 0.717) is 25.4 Å². The van der Waals surface area contributed by atoms with Crippen molar-refractivity contribution in [1.29, 1.82) is 0 Å². The maximum Gasteiger partial charge on any atom is 0.260 e. The second-order valence-corrected chi connectivity index (χ2v) is 6.78. The summed E-state index contributed by atoms with van der Waals surface area (Å²) in [5, 5.41) is 4.82. The third-order valence-corrected chi connectivity index (χ3v) is 4.94. The molecule has 0 saturated carbocycles. The van der Waals surface area contributed by atoms with Crippen LogP contribution in [0, 0.1) is 0 Å². The third kappa shape index (κ3) is 3.69. The molecule has 0 saturated heterocycles. The minimum atomic E-state index is -0.00927. The first-order valence-corrected chi connectivity index (χ1v) is 9.46. The lowest BCUT2D eigenvalue weighted by molar-refractivity contribution is -0.134. The molecule has 1 aromatic heterocycles. The van der Waals surface area contributed by atoms with E-state index in [1.54, 1.807) is 0 Å². The molecule has 0 aliphatic carbocycles. The van der Waals surface area contributed by atoms with Crippen molar-refractivity contribution in [2.75, 3.05) is 13.2 Å². The largest absolute Gasteiger partial charge is 0.484 e. The molecular formula is C23H23N3O2. The number of carbonyl (C=O) groups excluding carboxylic acids is 1. The molecule has 1 amide bonds. The van der Waals surface area contributed by atoms with Crippen molar-refractivity contribution in [2.45, 2.75) is 19.5 Å². The summed E-state index contributed by atoms with van der Waals surface area (Å²) in [6.45, 7) is 5.77.